The Kier molecular flexibility index (Phi) is 4.88. The third kappa shape index (κ3) is 3.50. The molecule has 19 heavy (non-hydrogen) atoms. The van der Waals surface area contributed by atoms with E-state index in [0.717, 1.165) is 11.1 Å². The molecule has 1 unspecified atom stereocenters. The van der Waals surface area contributed by atoms with Crippen LogP contribution in [0.3, 0.4) is 0 Å². The Balaban J connectivity index is 2.28. The molecule has 0 saturated heterocycles. The lowest BCUT2D eigenvalue weighted by Gasteiger charge is -2.15. The number of hydrogen-bond acceptors (Lipinski definition) is 0. The van der Waals surface area contributed by atoms with Crippen molar-refractivity contribution in [1.82, 2.24) is 0 Å². The van der Waals surface area contributed by atoms with Crippen LogP contribution >= 0.6 is 39.1 Å². The van der Waals surface area contributed by atoms with Gasteiger partial charge in [-0.05, 0) is 48.7 Å². The molecule has 0 aromatic heterocycles. The topological polar surface area (TPSA) is 0 Å². The fourth-order valence-corrected chi connectivity index (χ4v) is 3.31. The molecule has 0 nitrogen and oxygen atoms in total. The van der Waals surface area contributed by atoms with Gasteiger partial charge in [-0.1, -0.05) is 51.3 Å². The van der Waals surface area contributed by atoms with Crippen molar-refractivity contribution < 1.29 is 4.39 Å². The van der Waals surface area contributed by atoms with Gasteiger partial charge in [0.15, 0.2) is 0 Å². The van der Waals surface area contributed by atoms with Gasteiger partial charge in [0.25, 0.3) is 0 Å². The Morgan fingerprint density at radius 2 is 1.95 bits per heavy atom. The van der Waals surface area contributed by atoms with Crippen molar-refractivity contribution in [1.29, 1.82) is 0 Å². The third-order valence-corrected chi connectivity index (χ3v) is 4.42. The van der Waals surface area contributed by atoms with Gasteiger partial charge in [-0.25, -0.2) is 4.39 Å². The smallest absolute Gasteiger partial charge is 0.127 e. The van der Waals surface area contributed by atoms with Crippen LogP contribution in [0.4, 0.5) is 4.39 Å². The first kappa shape index (κ1) is 14.8. The lowest BCUT2D eigenvalue weighted by atomic mass is 10.00. The molecule has 1 atom stereocenters. The second-order valence-corrected chi connectivity index (χ2v) is 6.32. The predicted molar refractivity (Wildman–Crippen MR) is 83.0 cm³/mol. The van der Waals surface area contributed by atoms with E-state index in [2.05, 4.69) is 15.9 Å². The highest BCUT2D eigenvalue weighted by Crippen LogP contribution is 2.33. The Bertz CT molecular complexity index is 578. The highest BCUT2D eigenvalue weighted by atomic mass is 79.9. The van der Waals surface area contributed by atoms with E-state index >= 15 is 0 Å². The molecular weight excluding hydrogens is 350 g/mol. The van der Waals surface area contributed by atoms with Crippen molar-refractivity contribution in [3.63, 3.8) is 0 Å². The van der Waals surface area contributed by atoms with Crippen LogP contribution in [0.25, 0.3) is 0 Å². The summed E-state index contributed by atoms with van der Waals surface area (Å²) in [5.74, 6) is -0.274. The van der Waals surface area contributed by atoms with E-state index in [1.54, 1.807) is 12.1 Å². The Morgan fingerprint density at radius 1 is 1.21 bits per heavy atom. The molecule has 2 rings (SSSR count). The summed E-state index contributed by atoms with van der Waals surface area (Å²) in [5.41, 5.74) is 2.69. The van der Waals surface area contributed by atoms with E-state index in [4.69, 9.17) is 23.2 Å². The van der Waals surface area contributed by atoms with Gasteiger partial charge in [0.05, 0.1) is 0 Å². The van der Waals surface area contributed by atoms with Crippen LogP contribution in [0.1, 0.15) is 21.5 Å². The normalized spacial score (nSPS) is 12.5. The summed E-state index contributed by atoms with van der Waals surface area (Å²) in [6, 6.07) is 10.4. The van der Waals surface area contributed by atoms with Crippen molar-refractivity contribution in [3.8, 4) is 0 Å². The number of rotatable bonds is 3. The van der Waals surface area contributed by atoms with Crippen molar-refractivity contribution >= 4 is 39.1 Å². The molecule has 0 radical (unpaired) electrons. The Hall–Kier alpha value is -0.570. The van der Waals surface area contributed by atoms with Crippen LogP contribution in [0.5, 0.6) is 0 Å². The molecule has 0 saturated carbocycles. The first-order valence-corrected chi connectivity index (χ1v) is 7.49. The fraction of sp³-hybridized carbons (Fsp3) is 0.200. The molecule has 0 amide bonds. The summed E-state index contributed by atoms with van der Waals surface area (Å²) in [5, 5.41) is 1.15. The van der Waals surface area contributed by atoms with Gasteiger partial charge in [-0.3, -0.25) is 0 Å². The Morgan fingerprint density at radius 3 is 2.58 bits per heavy atom. The Labute approximate surface area is 130 Å². The SMILES string of the molecule is Cc1cc(Cl)ccc1C(Br)Cc1c(F)cccc1Cl. The summed E-state index contributed by atoms with van der Waals surface area (Å²) in [7, 11) is 0. The van der Waals surface area contributed by atoms with E-state index < -0.39 is 0 Å². The van der Waals surface area contributed by atoms with E-state index in [1.807, 2.05) is 25.1 Å². The number of halogens is 4. The van der Waals surface area contributed by atoms with Crippen molar-refractivity contribution in [2.45, 2.75) is 18.2 Å². The van der Waals surface area contributed by atoms with Crippen molar-refractivity contribution in [2.75, 3.05) is 0 Å². The average molecular weight is 362 g/mol. The monoisotopic (exact) mass is 360 g/mol. The minimum Gasteiger partial charge on any atom is -0.207 e. The summed E-state index contributed by atoms with van der Waals surface area (Å²) >= 11 is 15.6. The summed E-state index contributed by atoms with van der Waals surface area (Å²) in [4.78, 5) is -0.000772. The zero-order valence-corrected chi connectivity index (χ0v) is 13.4. The molecule has 0 aliphatic rings. The molecule has 100 valence electrons. The summed E-state index contributed by atoms with van der Waals surface area (Å²) < 4.78 is 13.8. The number of alkyl halides is 1. The number of aryl methyl sites for hydroxylation is 1. The first-order chi connectivity index (χ1) is 8.99. The second kappa shape index (κ2) is 6.25. The quantitative estimate of drug-likeness (QED) is 0.577. The summed E-state index contributed by atoms with van der Waals surface area (Å²) in [6.07, 6.45) is 0.494. The van der Waals surface area contributed by atoms with Gasteiger partial charge >= 0.3 is 0 Å². The maximum atomic E-state index is 13.8. The fourth-order valence-electron chi connectivity index (χ4n) is 2.01. The highest BCUT2D eigenvalue weighted by molar-refractivity contribution is 9.09. The van der Waals surface area contributed by atoms with Gasteiger partial charge in [-0.2, -0.15) is 0 Å². The molecule has 0 bridgehead atoms. The number of hydrogen-bond donors (Lipinski definition) is 0. The lowest BCUT2D eigenvalue weighted by molar-refractivity contribution is 0.608. The zero-order chi connectivity index (χ0) is 14.0. The van der Waals surface area contributed by atoms with Crippen LogP contribution in [0.15, 0.2) is 36.4 Å². The van der Waals surface area contributed by atoms with Crippen LogP contribution < -0.4 is 0 Å². The molecule has 0 fully saturated rings. The maximum Gasteiger partial charge on any atom is 0.127 e. The minimum atomic E-state index is -0.274. The summed E-state index contributed by atoms with van der Waals surface area (Å²) in [6.45, 7) is 1.98. The first-order valence-electron chi connectivity index (χ1n) is 5.82. The van der Waals surface area contributed by atoms with E-state index in [1.165, 1.54) is 6.07 Å². The minimum absolute atomic E-state index is 0.000772. The largest absolute Gasteiger partial charge is 0.207 e. The van der Waals surface area contributed by atoms with Crippen molar-refractivity contribution in [2.24, 2.45) is 0 Å². The van der Waals surface area contributed by atoms with Crippen molar-refractivity contribution in [3.05, 3.63) is 69.0 Å². The van der Waals surface area contributed by atoms with Gasteiger partial charge in [-0.15, -0.1) is 0 Å². The molecule has 2 aromatic carbocycles. The average Bonchev–Trinajstić information content (AvgIpc) is 2.33. The van der Waals surface area contributed by atoms with Gasteiger partial charge in [0, 0.05) is 20.4 Å². The van der Waals surface area contributed by atoms with Crippen LogP contribution in [-0.4, -0.2) is 0 Å². The molecule has 0 heterocycles. The highest BCUT2D eigenvalue weighted by Gasteiger charge is 2.16. The van der Waals surface area contributed by atoms with E-state index in [-0.39, 0.29) is 10.6 Å². The molecule has 0 N–H and O–H groups in total. The van der Waals surface area contributed by atoms with Gasteiger partial charge in [0.1, 0.15) is 5.82 Å². The molecule has 0 aliphatic carbocycles. The molecular formula is C15H12BrCl2F. The van der Waals surface area contributed by atoms with Crippen LogP contribution in [0, 0.1) is 12.7 Å². The molecule has 0 spiro atoms. The molecule has 2 aromatic rings. The predicted octanol–water partition coefficient (Wildman–Crippen LogP) is 6.12. The van der Waals surface area contributed by atoms with Gasteiger partial charge < -0.3 is 0 Å². The second-order valence-electron chi connectivity index (χ2n) is 4.37. The van der Waals surface area contributed by atoms with Crippen LogP contribution in [-0.2, 0) is 6.42 Å². The molecule has 0 aliphatic heterocycles. The van der Waals surface area contributed by atoms with Gasteiger partial charge in [0.2, 0.25) is 0 Å². The number of benzene rings is 2. The van der Waals surface area contributed by atoms with E-state index in [0.29, 0.717) is 22.0 Å². The third-order valence-electron chi connectivity index (χ3n) is 3.01. The zero-order valence-electron chi connectivity index (χ0n) is 10.3. The standard InChI is InChI=1S/C15H12BrCl2F/c1-9-7-10(17)5-6-11(9)13(16)8-12-14(18)3-2-4-15(12)19/h2-7,13H,8H2,1H3. The van der Waals surface area contributed by atoms with E-state index in [9.17, 15) is 4.39 Å². The maximum absolute atomic E-state index is 13.8. The lowest BCUT2D eigenvalue weighted by Crippen LogP contribution is -2.01. The molecule has 4 heteroatoms. The van der Waals surface area contributed by atoms with Crippen LogP contribution in [0.2, 0.25) is 10.0 Å².